The zero-order valence-electron chi connectivity index (χ0n) is 57.2. The first kappa shape index (κ1) is 76.3. The van der Waals surface area contributed by atoms with Crippen molar-refractivity contribution >= 4 is 17.9 Å². The number of aliphatic hydroxyl groups is 14. The lowest BCUT2D eigenvalue weighted by Crippen LogP contribution is -2.76. The highest BCUT2D eigenvalue weighted by molar-refractivity contribution is 5.82. The molecule has 31 nitrogen and oxygen atoms in total. The Morgan fingerprint density at radius 3 is 1.78 bits per heavy atom. The number of fused-ring (bicyclic) bond motifs is 4. The third-order valence-corrected chi connectivity index (χ3v) is 25.6. The van der Waals surface area contributed by atoms with Crippen LogP contribution >= 0.6 is 0 Å². The normalized spacial score (nSPS) is 52.7. The molecule has 7 unspecified atom stereocenters. The molecule has 35 atom stereocenters. The van der Waals surface area contributed by atoms with Crippen molar-refractivity contribution in [3.8, 4) is 0 Å². The Bertz CT molecular complexity index is 2870. The second-order valence-electron chi connectivity index (χ2n) is 32.0. The lowest BCUT2D eigenvalue weighted by atomic mass is 9.30. The maximum absolute atomic E-state index is 13.7. The number of carboxylic acids is 1. The average Bonchev–Trinajstić information content (AvgIpc) is 1.38. The van der Waals surface area contributed by atoms with Crippen LogP contribution in [0.5, 0.6) is 0 Å². The third kappa shape index (κ3) is 12.3. The number of ether oxygens (including phenoxy) is 13. The van der Waals surface area contributed by atoms with E-state index in [1.807, 2.05) is 20.8 Å². The molecule has 5 saturated carbocycles. The summed E-state index contributed by atoms with van der Waals surface area (Å²) in [6.45, 7) is 16.1. The minimum Gasteiger partial charge on any atom is -0.479 e. The Morgan fingerprint density at radius 1 is 0.571 bits per heavy atom. The average molecular weight is 1410 g/mol. The van der Waals surface area contributed by atoms with E-state index in [0.717, 1.165) is 6.42 Å². The van der Waals surface area contributed by atoms with Crippen molar-refractivity contribution in [3.63, 3.8) is 0 Å². The number of carbonyl (C=O) groups is 3. The molecule has 5 aliphatic carbocycles. The maximum Gasteiger partial charge on any atom is 0.335 e. The molecule has 31 heteroatoms. The predicted molar refractivity (Wildman–Crippen MR) is 328 cm³/mol. The molecule has 1 spiro atoms. The lowest BCUT2D eigenvalue weighted by molar-refractivity contribution is -0.409. The molecule has 11 aliphatic rings. The Balaban J connectivity index is 0.916. The zero-order valence-corrected chi connectivity index (χ0v) is 57.2. The van der Waals surface area contributed by atoms with Gasteiger partial charge in [0.1, 0.15) is 115 Å². The molecule has 11 rings (SSSR count). The van der Waals surface area contributed by atoms with Crippen LogP contribution in [-0.2, 0) is 76.0 Å². The van der Waals surface area contributed by atoms with Crippen molar-refractivity contribution in [3.05, 3.63) is 12.2 Å². The highest BCUT2D eigenvalue weighted by Gasteiger charge is 2.85. The van der Waals surface area contributed by atoms with Gasteiger partial charge in [0.05, 0.1) is 44.2 Å². The molecule has 11 fully saturated rings. The smallest absolute Gasteiger partial charge is 0.335 e. The van der Waals surface area contributed by atoms with Crippen molar-refractivity contribution in [1.82, 2.24) is 0 Å². The Labute approximate surface area is 568 Å². The monoisotopic (exact) mass is 1410 g/mol. The fourth-order valence-electron chi connectivity index (χ4n) is 20.4. The molecule has 15 N–H and O–H groups in total. The van der Waals surface area contributed by atoms with Crippen LogP contribution in [0.2, 0.25) is 0 Å². The van der Waals surface area contributed by atoms with Crippen LogP contribution in [0.3, 0.4) is 0 Å². The third-order valence-electron chi connectivity index (χ3n) is 25.6. The summed E-state index contributed by atoms with van der Waals surface area (Å²) in [6.07, 6.45) is -38.4. The number of rotatable bonds is 19. The van der Waals surface area contributed by atoms with E-state index in [0.29, 0.717) is 57.8 Å². The van der Waals surface area contributed by atoms with Crippen LogP contribution in [0.15, 0.2) is 12.2 Å². The lowest BCUT2D eigenvalue weighted by Gasteiger charge is -2.75. The van der Waals surface area contributed by atoms with Gasteiger partial charge >= 0.3 is 17.9 Å². The largest absolute Gasteiger partial charge is 0.479 e. The van der Waals surface area contributed by atoms with Gasteiger partial charge in [0.15, 0.2) is 43.8 Å². The maximum atomic E-state index is 13.7. The van der Waals surface area contributed by atoms with Gasteiger partial charge in [-0.05, 0) is 105 Å². The SMILES string of the molecule is CCC/C=C/C(=O)O[C@H]1CC(C)(C)C[C@@H]2C13[C@H](O)OC21CCC2[C@@]4(C)CC[C@H](O[C@@H]5O[C@H](C(=O)O)[C@@H](O)[C@H](O[C@@H]6O[C@H](CO)[C@H](O)[C@H](O)C6OC6O[C@@H](C)[C@H](O)[C@@H](O)[C@H]6O[C@@H]6OC[C@](O)(CO)[C@H]6O)[C@H]5OC5O[C@H](CO)[C@H](O)[C@H](O)[C@H]5O)C(C)(C)C4CC[C@@]2(C)[C@]1(C)C[C@H]3OC(C)=O. The minimum atomic E-state index is -2.35. The molecular weight excluding hydrogens is 1300 g/mol. The summed E-state index contributed by atoms with van der Waals surface area (Å²) < 4.78 is 81.7. The van der Waals surface area contributed by atoms with E-state index in [-0.39, 0.29) is 18.3 Å². The van der Waals surface area contributed by atoms with Crippen molar-refractivity contribution in [2.45, 2.75) is 311 Å². The fourth-order valence-corrected chi connectivity index (χ4v) is 20.4. The molecule has 2 bridgehead atoms. The summed E-state index contributed by atoms with van der Waals surface area (Å²) in [6, 6.07) is 0. The summed E-state index contributed by atoms with van der Waals surface area (Å²) in [4.78, 5) is 40.6. The van der Waals surface area contributed by atoms with Gasteiger partial charge in [-0.2, -0.15) is 0 Å². The first-order valence-electron chi connectivity index (χ1n) is 34.7. The van der Waals surface area contributed by atoms with Gasteiger partial charge < -0.3 is 138 Å². The molecule has 560 valence electrons. The molecule has 0 radical (unpaired) electrons. The second kappa shape index (κ2) is 27.9. The number of carboxylic acid groups (broad SMARTS) is 1. The van der Waals surface area contributed by atoms with E-state index in [1.165, 1.54) is 19.9 Å². The van der Waals surface area contributed by atoms with Crippen molar-refractivity contribution in [2.75, 3.05) is 26.4 Å². The highest BCUT2D eigenvalue weighted by Crippen LogP contribution is 2.82. The second-order valence-corrected chi connectivity index (χ2v) is 32.0. The summed E-state index contributed by atoms with van der Waals surface area (Å²) in [5.74, 6) is -3.50. The molecule has 6 saturated heterocycles. The minimum absolute atomic E-state index is 0.0450. The van der Waals surface area contributed by atoms with Gasteiger partial charge in [-0.3, -0.25) is 4.79 Å². The molecular formula is C67H106O31. The Morgan fingerprint density at radius 2 is 1.15 bits per heavy atom. The van der Waals surface area contributed by atoms with Gasteiger partial charge in [0.2, 0.25) is 0 Å². The van der Waals surface area contributed by atoms with E-state index in [4.69, 9.17) is 61.6 Å². The van der Waals surface area contributed by atoms with Gasteiger partial charge in [0, 0.05) is 24.3 Å². The standard InChI is InChI=1S/C67H106O31/c1-11-12-13-14-38(72)91-36-22-60(4,5)21-34-66-20-16-33-62(8)18-17-35(61(6,7)32(62)15-19-63(33,9)64(66,10)23-37(88-29(3)71)67(34,36)59(84)98-66)92-57-51(97-54-45(79)42(76)40(74)30(24-68)89-54)47(46(80)48(94-57)53(82)83)93-56-50(44(78)41(75)31(25-69)90-56)95-55-49(43(77)39(73)28(2)87-55)96-58-52(81)65(85,26-70)27-86-58/h13-14,28,30-37,39-52,54-59,68-70,73-81,84-85H,11-12,15-27H2,1-10H3,(H,82,83)/b14-13+/t28-,30+,31+,32?,33?,34-,35-,36-,37+,39-,40-,41-,42-,43+,44-,45+,46-,47-,48-,49+,50?,51+,52-,54?,55?,56-,57+,58-,59+,62-,63+,64-,65+,66?,67?/m0/s1. The Hall–Kier alpha value is -2.85. The van der Waals surface area contributed by atoms with E-state index >= 15 is 0 Å². The summed E-state index contributed by atoms with van der Waals surface area (Å²) in [5.41, 5.74) is -7.58. The first-order chi connectivity index (χ1) is 45.9. The number of aliphatic carboxylic acids is 1. The summed E-state index contributed by atoms with van der Waals surface area (Å²) in [7, 11) is 0. The number of esters is 2. The predicted octanol–water partition coefficient (Wildman–Crippen LogP) is -2.00. The van der Waals surface area contributed by atoms with Crippen LogP contribution < -0.4 is 0 Å². The van der Waals surface area contributed by atoms with Crippen LogP contribution in [0.4, 0.5) is 0 Å². The van der Waals surface area contributed by atoms with Crippen molar-refractivity contribution in [1.29, 1.82) is 0 Å². The van der Waals surface area contributed by atoms with E-state index in [1.54, 1.807) is 6.08 Å². The van der Waals surface area contributed by atoms with Crippen LogP contribution in [0.25, 0.3) is 0 Å². The molecule has 98 heavy (non-hydrogen) atoms. The fraction of sp³-hybridized carbons (Fsp3) is 0.925. The van der Waals surface area contributed by atoms with Crippen LogP contribution in [0.1, 0.15) is 140 Å². The van der Waals surface area contributed by atoms with Crippen molar-refractivity contribution in [2.24, 2.45) is 50.2 Å². The zero-order chi connectivity index (χ0) is 71.7. The van der Waals surface area contributed by atoms with Gasteiger partial charge in [-0.1, -0.05) is 67.9 Å². The molecule has 0 aromatic carbocycles. The van der Waals surface area contributed by atoms with Crippen LogP contribution in [-0.4, -0.2) is 292 Å². The highest BCUT2D eigenvalue weighted by atomic mass is 16.8. The van der Waals surface area contributed by atoms with Crippen molar-refractivity contribution < 1.29 is 153 Å². The van der Waals surface area contributed by atoms with E-state index < -0.39 is 254 Å². The molecule has 6 aliphatic heterocycles. The number of hydrogen-bond acceptors (Lipinski definition) is 30. The van der Waals surface area contributed by atoms with Gasteiger partial charge in [0.25, 0.3) is 0 Å². The first-order valence-corrected chi connectivity index (χ1v) is 34.7. The topological polar surface area (TPSA) is 475 Å². The summed E-state index contributed by atoms with van der Waals surface area (Å²) in [5, 5.41) is 168. The quantitative estimate of drug-likeness (QED) is 0.0378. The van der Waals surface area contributed by atoms with E-state index in [9.17, 15) is 91.0 Å². The van der Waals surface area contributed by atoms with E-state index in [2.05, 4.69) is 34.6 Å². The Kier molecular flexibility index (Phi) is 21.7. The number of allylic oxidation sites excluding steroid dienone is 1. The van der Waals surface area contributed by atoms with Gasteiger partial charge in [-0.25, -0.2) is 9.59 Å². The number of hydrogen-bond donors (Lipinski definition) is 15. The number of unbranched alkanes of at least 4 members (excludes halogenated alkanes) is 1. The molecule has 6 heterocycles. The molecule has 0 aromatic rings. The molecule has 0 amide bonds. The van der Waals surface area contributed by atoms with Crippen LogP contribution in [0, 0.1) is 50.2 Å². The molecule has 0 aromatic heterocycles. The van der Waals surface area contributed by atoms with Gasteiger partial charge in [-0.15, -0.1) is 0 Å². The number of aliphatic hydroxyl groups excluding tert-OH is 13. The summed E-state index contributed by atoms with van der Waals surface area (Å²) >= 11 is 0. The number of carbonyl (C=O) groups excluding carboxylic acids is 2.